The zero-order valence-corrected chi connectivity index (χ0v) is 11.8. The Bertz CT molecular complexity index is 539. The lowest BCUT2D eigenvalue weighted by Crippen LogP contribution is -2.28. The van der Waals surface area contributed by atoms with Crippen LogP contribution in [0.2, 0.25) is 0 Å². The van der Waals surface area contributed by atoms with Gasteiger partial charge in [0.1, 0.15) is 5.88 Å². The van der Waals surface area contributed by atoms with Gasteiger partial charge in [-0.3, -0.25) is 4.79 Å². The van der Waals surface area contributed by atoms with Gasteiger partial charge in [0, 0.05) is 17.9 Å². The fourth-order valence-corrected chi connectivity index (χ4v) is 2.97. The van der Waals surface area contributed by atoms with Crippen molar-refractivity contribution < 1.29 is 4.79 Å². The number of rotatable bonds is 4. The van der Waals surface area contributed by atoms with Gasteiger partial charge in [0.05, 0.1) is 0 Å². The third-order valence-electron chi connectivity index (χ3n) is 3.84. The molecular formula is C17H16ClNO. The molecule has 1 saturated carbocycles. The van der Waals surface area contributed by atoms with Crippen molar-refractivity contribution in [3.8, 4) is 0 Å². The summed E-state index contributed by atoms with van der Waals surface area (Å²) in [5.74, 6) is 0.590. The van der Waals surface area contributed by atoms with Gasteiger partial charge < -0.3 is 5.32 Å². The van der Waals surface area contributed by atoms with Crippen LogP contribution in [0, 0.1) is 0 Å². The minimum absolute atomic E-state index is 0.0134. The van der Waals surface area contributed by atoms with Crippen LogP contribution in [0.1, 0.15) is 23.0 Å². The van der Waals surface area contributed by atoms with Crippen molar-refractivity contribution in [2.75, 3.05) is 5.88 Å². The van der Waals surface area contributed by atoms with Crippen LogP contribution in [0.4, 0.5) is 0 Å². The van der Waals surface area contributed by atoms with E-state index < -0.39 is 0 Å². The molecule has 1 aliphatic rings. The number of alkyl halides is 1. The summed E-state index contributed by atoms with van der Waals surface area (Å²) in [7, 11) is 0. The molecule has 1 fully saturated rings. The molecule has 0 bridgehead atoms. The van der Waals surface area contributed by atoms with Crippen molar-refractivity contribution in [2.45, 2.75) is 17.9 Å². The van der Waals surface area contributed by atoms with Crippen LogP contribution in [0.3, 0.4) is 0 Å². The molecule has 2 aromatic rings. The van der Waals surface area contributed by atoms with E-state index in [2.05, 4.69) is 29.6 Å². The van der Waals surface area contributed by atoms with E-state index in [1.54, 1.807) is 0 Å². The molecule has 0 radical (unpaired) electrons. The van der Waals surface area contributed by atoms with E-state index in [-0.39, 0.29) is 17.8 Å². The average molecular weight is 286 g/mol. The Morgan fingerprint density at radius 3 is 1.75 bits per heavy atom. The lowest BCUT2D eigenvalue weighted by molar-refractivity contribution is -0.118. The number of carbonyl (C=O) groups excluding carboxylic acids is 1. The van der Waals surface area contributed by atoms with Crippen LogP contribution < -0.4 is 5.32 Å². The van der Waals surface area contributed by atoms with E-state index in [0.29, 0.717) is 11.8 Å². The summed E-state index contributed by atoms with van der Waals surface area (Å²) < 4.78 is 0. The largest absolute Gasteiger partial charge is 0.351 e. The zero-order valence-electron chi connectivity index (χ0n) is 11.0. The van der Waals surface area contributed by atoms with Crippen molar-refractivity contribution in [3.05, 3.63) is 71.8 Å². The van der Waals surface area contributed by atoms with Gasteiger partial charge in [-0.05, 0) is 11.1 Å². The Balaban J connectivity index is 1.85. The minimum atomic E-state index is -0.101. The summed E-state index contributed by atoms with van der Waals surface area (Å²) in [6.45, 7) is 0. The molecule has 2 aromatic carbocycles. The van der Waals surface area contributed by atoms with Gasteiger partial charge in [-0.15, -0.1) is 11.6 Å². The van der Waals surface area contributed by atoms with Gasteiger partial charge >= 0.3 is 0 Å². The fraction of sp³-hybridized carbons (Fsp3) is 0.235. The molecule has 2 nitrogen and oxygen atoms in total. The third-order valence-corrected chi connectivity index (χ3v) is 4.08. The molecule has 0 heterocycles. The number of hydrogen-bond acceptors (Lipinski definition) is 1. The maximum atomic E-state index is 11.6. The van der Waals surface area contributed by atoms with Crippen molar-refractivity contribution >= 4 is 17.5 Å². The molecule has 3 rings (SSSR count). The summed E-state index contributed by atoms with van der Waals surface area (Å²) >= 11 is 5.60. The number of amides is 1. The van der Waals surface area contributed by atoms with E-state index in [9.17, 15) is 4.79 Å². The highest BCUT2D eigenvalue weighted by atomic mass is 35.5. The lowest BCUT2D eigenvalue weighted by atomic mass is 10.0. The van der Waals surface area contributed by atoms with Crippen molar-refractivity contribution in [1.82, 2.24) is 5.32 Å². The summed E-state index contributed by atoms with van der Waals surface area (Å²) in [6.07, 6.45) is 0. The van der Waals surface area contributed by atoms with Crippen LogP contribution in [-0.4, -0.2) is 17.8 Å². The smallest absolute Gasteiger partial charge is 0.235 e. The van der Waals surface area contributed by atoms with Gasteiger partial charge in [-0.2, -0.15) is 0 Å². The molecule has 0 unspecified atom stereocenters. The molecule has 3 heteroatoms. The second kappa shape index (κ2) is 5.68. The molecule has 0 saturated heterocycles. The minimum Gasteiger partial charge on any atom is -0.351 e. The summed E-state index contributed by atoms with van der Waals surface area (Å²) in [5.41, 5.74) is 2.53. The van der Waals surface area contributed by atoms with Crippen LogP contribution in [0.5, 0.6) is 0 Å². The van der Waals surface area contributed by atoms with Crippen LogP contribution in [-0.2, 0) is 4.79 Å². The third kappa shape index (κ3) is 2.56. The molecule has 3 atom stereocenters. The molecule has 1 N–H and O–H groups in total. The Morgan fingerprint density at radius 2 is 1.35 bits per heavy atom. The van der Waals surface area contributed by atoms with Crippen LogP contribution in [0.25, 0.3) is 0 Å². The number of benzene rings is 2. The maximum absolute atomic E-state index is 11.6. The van der Waals surface area contributed by atoms with E-state index in [1.807, 2.05) is 36.4 Å². The normalized spacial score (nSPS) is 24.1. The van der Waals surface area contributed by atoms with Gasteiger partial charge in [-0.1, -0.05) is 60.7 Å². The van der Waals surface area contributed by atoms with E-state index in [0.717, 1.165) is 0 Å². The number of hydrogen-bond donors (Lipinski definition) is 1. The molecule has 1 aliphatic carbocycles. The molecule has 0 aromatic heterocycles. The van der Waals surface area contributed by atoms with E-state index in [4.69, 9.17) is 11.6 Å². The van der Waals surface area contributed by atoms with Crippen molar-refractivity contribution in [2.24, 2.45) is 0 Å². The molecule has 1 amide bonds. The highest BCUT2D eigenvalue weighted by molar-refractivity contribution is 6.27. The second-order valence-electron chi connectivity index (χ2n) is 5.10. The number of nitrogens with one attached hydrogen (secondary N) is 1. The first-order chi connectivity index (χ1) is 9.81. The van der Waals surface area contributed by atoms with Crippen molar-refractivity contribution in [1.29, 1.82) is 0 Å². The Labute approximate surface area is 123 Å². The molecule has 20 heavy (non-hydrogen) atoms. The predicted octanol–water partition coefficient (Wildman–Crippen LogP) is 3.29. The molecule has 0 spiro atoms. The number of carbonyl (C=O) groups is 1. The maximum Gasteiger partial charge on any atom is 0.235 e. The molecule has 0 aliphatic heterocycles. The van der Waals surface area contributed by atoms with E-state index >= 15 is 0 Å². The first-order valence-electron chi connectivity index (χ1n) is 6.76. The summed E-state index contributed by atoms with van der Waals surface area (Å²) in [5, 5.41) is 3.03. The Morgan fingerprint density at radius 1 is 0.900 bits per heavy atom. The standard InChI is InChI=1S/C17H16ClNO/c18-11-14(20)19-17-15(12-7-3-1-4-8-12)16(17)13-9-5-2-6-10-13/h1-10,15-17H,11H2,(H,19,20)/t15-,16+,17+. The Hall–Kier alpha value is -1.80. The predicted molar refractivity (Wildman–Crippen MR) is 81.0 cm³/mol. The van der Waals surface area contributed by atoms with Gasteiger partial charge in [0.2, 0.25) is 5.91 Å². The Kier molecular flexibility index (Phi) is 3.75. The van der Waals surface area contributed by atoms with Gasteiger partial charge in [-0.25, -0.2) is 0 Å². The zero-order chi connectivity index (χ0) is 13.9. The van der Waals surface area contributed by atoms with Crippen molar-refractivity contribution in [3.63, 3.8) is 0 Å². The topological polar surface area (TPSA) is 29.1 Å². The highest BCUT2D eigenvalue weighted by Crippen LogP contribution is 2.54. The summed E-state index contributed by atoms with van der Waals surface area (Å²) in [4.78, 5) is 11.6. The SMILES string of the molecule is O=C(CCl)N[C@@H]1[C@@H](c2ccccc2)[C@H]1c1ccccc1. The monoisotopic (exact) mass is 285 g/mol. The summed E-state index contributed by atoms with van der Waals surface area (Å²) in [6, 6.07) is 20.8. The molecule has 102 valence electrons. The first kappa shape index (κ1) is 13.2. The second-order valence-corrected chi connectivity index (χ2v) is 5.37. The average Bonchev–Trinajstić information content (AvgIpc) is 3.22. The van der Waals surface area contributed by atoms with Crippen LogP contribution in [0.15, 0.2) is 60.7 Å². The van der Waals surface area contributed by atoms with Gasteiger partial charge in [0.25, 0.3) is 0 Å². The fourth-order valence-electron chi connectivity index (χ4n) is 2.89. The van der Waals surface area contributed by atoms with Crippen LogP contribution >= 0.6 is 11.6 Å². The molecular weight excluding hydrogens is 270 g/mol. The number of halogens is 1. The van der Waals surface area contributed by atoms with E-state index in [1.165, 1.54) is 11.1 Å². The quantitative estimate of drug-likeness (QED) is 0.858. The lowest BCUT2D eigenvalue weighted by Gasteiger charge is -2.01. The highest BCUT2D eigenvalue weighted by Gasteiger charge is 2.52. The van der Waals surface area contributed by atoms with Gasteiger partial charge in [0.15, 0.2) is 0 Å². The first-order valence-corrected chi connectivity index (χ1v) is 7.30.